The number of amides is 2. The molecule has 0 unspecified atom stereocenters. The van der Waals surface area contributed by atoms with E-state index in [1.54, 1.807) is 36.1 Å². The highest BCUT2D eigenvalue weighted by atomic mass is 35.5. The van der Waals surface area contributed by atoms with Gasteiger partial charge in [0.05, 0.1) is 17.7 Å². The van der Waals surface area contributed by atoms with Gasteiger partial charge in [0.25, 0.3) is 5.91 Å². The predicted octanol–water partition coefficient (Wildman–Crippen LogP) is 4.76. The summed E-state index contributed by atoms with van der Waals surface area (Å²) in [6, 6.07) is 10.4. The Morgan fingerprint density at radius 3 is 2.26 bits per heavy atom. The van der Waals surface area contributed by atoms with E-state index in [1.807, 2.05) is 0 Å². The smallest absolute Gasteiger partial charge is 0.416 e. The summed E-state index contributed by atoms with van der Waals surface area (Å²) >= 11 is 5.84. The molecule has 0 spiro atoms. The molecule has 0 saturated carbocycles. The Labute approximate surface area is 200 Å². The summed E-state index contributed by atoms with van der Waals surface area (Å²) < 4.78 is 43.3. The van der Waals surface area contributed by atoms with Crippen LogP contribution in [0.5, 0.6) is 0 Å². The van der Waals surface area contributed by atoms with Gasteiger partial charge >= 0.3 is 12.1 Å². The van der Waals surface area contributed by atoms with Crippen molar-refractivity contribution in [2.24, 2.45) is 0 Å². The first-order valence-electron chi connectivity index (χ1n) is 10.8. The number of hydrogen-bond donors (Lipinski definition) is 0. The predicted molar refractivity (Wildman–Crippen MR) is 121 cm³/mol. The third-order valence-corrected chi connectivity index (χ3v) is 5.82. The first-order valence-corrected chi connectivity index (χ1v) is 11.3. The molecule has 1 aliphatic rings. The molecule has 2 amide bonds. The topological polar surface area (TPSA) is 66.9 Å². The van der Waals surface area contributed by atoms with E-state index in [0.29, 0.717) is 37.2 Å². The van der Waals surface area contributed by atoms with Crippen molar-refractivity contribution < 1.29 is 32.3 Å². The van der Waals surface area contributed by atoms with E-state index < -0.39 is 17.7 Å². The third-order valence-electron chi connectivity index (χ3n) is 5.59. The number of nitrogens with zero attached hydrogens (tertiary/aromatic N) is 2. The highest BCUT2D eigenvalue weighted by Gasteiger charge is 2.32. The van der Waals surface area contributed by atoms with Crippen LogP contribution in [0.2, 0.25) is 0 Å². The van der Waals surface area contributed by atoms with Gasteiger partial charge in [0.15, 0.2) is 0 Å². The molecule has 182 valence electrons. The lowest BCUT2D eigenvalue weighted by molar-refractivity contribution is -0.137. The van der Waals surface area contributed by atoms with Crippen LogP contribution in [0.3, 0.4) is 0 Å². The molecular formula is C24H24ClF3N2O4. The summed E-state index contributed by atoms with van der Waals surface area (Å²) in [7, 11) is 0. The lowest BCUT2D eigenvalue weighted by Gasteiger charge is -2.38. The fraction of sp³-hybridized carbons (Fsp3) is 0.375. The Bertz CT molecular complexity index is 1040. The third kappa shape index (κ3) is 5.88. The Balaban J connectivity index is 1.72. The van der Waals surface area contributed by atoms with Crippen LogP contribution >= 0.6 is 11.6 Å². The second-order valence-electron chi connectivity index (χ2n) is 7.77. The number of carbonyl (C=O) groups excluding carboxylic acids is 3. The van der Waals surface area contributed by atoms with E-state index in [4.69, 9.17) is 16.3 Å². The molecule has 1 saturated heterocycles. The monoisotopic (exact) mass is 496 g/mol. The normalized spacial score (nSPS) is 14.6. The summed E-state index contributed by atoms with van der Waals surface area (Å²) in [5.41, 5.74) is 0.163. The van der Waals surface area contributed by atoms with Gasteiger partial charge < -0.3 is 14.5 Å². The average molecular weight is 497 g/mol. The quantitative estimate of drug-likeness (QED) is 0.427. The molecule has 0 N–H and O–H groups in total. The number of carbonyl (C=O) groups is 3. The molecule has 6 nitrogen and oxygen atoms in total. The molecule has 0 radical (unpaired) electrons. The highest BCUT2D eigenvalue weighted by Crippen LogP contribution is 2.30. The molecule has 10 heteroatoms. The molecule has 2 aromatic rings. The van der Waals surface area contributed by atoms with Crippen LogP contribution in [0.4, 0.5) is 18.9 Å². The van der Waals surface area contributed by atoms with Gasteiger partial charge in [-0.05, 0) is 62.2 Å². The van der Waals surface area contributed by atoms with Crippen molar-refractivity contribution in [1.82, 2.24) is 4.90 Å². The van der Waals surface area contributed by atoms with Crippen LogP contribution in [0.25, 0.3) is 0 Å². The van der Waals surface area contributed by atoms with Crippen molar-refractivity contribution in [3.8, 4) is 0 Å². The summed E-state index contributed by atoms with van der Waals surface area (Å²) in [4.78, 5) is 40.6. The van der Waals surface area contributed by atoms with Crippen LogP contribution in [0, 0.1) is 0 Å². The molecule has 0 aliphatic carbocycles. The Kier molecular flexibility index (Phi) is 8.19. The van der Waals surface area contributed by atoms with Gasteiger partial charge in [-0.15, -0.1) is 11.6 Å². The number of esters is 1. The van der Waals surface area contributed by atoms with Gasteiger partial charge in [-0.3, -0.25) is 9.59 Å². The van der Waals surface area contributed by atoms with Crippen LogP contribution in [0.15, 0.2) is 48.5 Å². The standard InChI is InChI=1S/C24H24ClF3N2O4/c1-2-34-23(33)17-4-3-5-20(14-17)30(21(31)15-25)19-10-12-29(13-11-19)22(32)16-6-8-18(9-7-16)24(26,27)28/h3-9,14,19H,2,10-13,15H2,1H3. The fourth-order valence-electron chi connectivity index (χ4n) is 3.93. The zero-order chi connectivity index (χ0) is 24.9. The number of benzene rings is 2. The van der Waals surface area contributed by atoms with Gasteiger partial charge in [-0.25, -0.2) is 4.79 Å². The van der Waals surface area contributed by atoms with Crippen molar-refractivity contribution in [1.29, 1.82) is 0 Å². The molecule has 0 aromatic heterocycles. The van der Waals surface area contributed by atoms with Gasteiger partial charge in [-0.2, -0.15) is 13.2 Å². The minimum atomic E-state index is -4.47. The molecule has 1 heterocycles. The van der Waals surface area contributed by atoms with Gasteiger partial charge in [0.1, 0.15) is 5.88 Å². The lowest BCUT2D eigenvalue weighted by atomic mass is 10.0. The minimum absolute atomic E-state index is 0.169. The number of piperidine rings is 1. The van der Waals surface area contributed by atoms with E-state index >= 15 is 0 Å². The van der Waals surface area contributed by atoms with Crippen molar-refractivity contribution >= 4 is 35.1 Å². The van der Waals surface area contributed by atoms with Gasteiger partial charge in [-0.1, -0.05) is 6.07 Å². The van der Waals surface area contributed by atoms with E-state index in [2.05, 4.69) is 0 Å². The maximum Gasteiger partial charge on any atom is 0.416 e. The summed E-state index contributed by atoms with van der Waals surface area (Å²) in [5, 5.41) is 0. The second kappa shape index (κ2) is 10.9. The number of halogens is 4. The second-order valence-corrected chi connectivity index (χ2v) is 8.03. The number of rotatable bonds is 6. The molecule has 0 atom stereocenters. The Morgan fingerprint density at radius 1 is 1.06 bits per heavy atom. The van der Waals surface area contributed by atoms with E-state index in [1.165, 1.54) is 17.0 Å². The minimum Gasteiger partial charge on any atom is -0.462 e. The van der Waals surface area contributed by atoms with Crippen LogP contribution < -0.4 is 4.90 Å². The molecule has 34 heavy (non-hydrogen) atoms. The Morgan fingerprint density at radius 2 is 1.71 bits per heavy atom. The van der Waals surface area contributed by atoms with Crippen LogP contribution in [-0.4, -0.2) is 54.3 Å². The van der Waals surface area contributed by atoms with Gasteiger partial charge in [0.2, 0.25) is 5.91 Å². The molecule has 1 fully saturated rings. The molecule has 2 aromatic carbocycles. The maximum absolute atomic E-state index is 12.8. The highest BCUT2D eigenvalue weighted by molar-refractivity contribution is 6.29. The SMILES string of the molecule is CCOC(=O)c1cccc(N(C(=O)CCl)C2CCN(C(=O)c3ccc(C(F)(F)F)cc3)CC2)c1. The number of ether oxygens (including phenoxy) is 1. The largest absolute Gasteiger partial charge is 0.462 e. The molecule has 1 aliphatic heterocycles. The van der Waals surface area contributed by atoms with Crippen LogP contribution in [-0.2, 0) is 15.7 Å². The molecule has 3 rings (SSSR count). The van der Waals surface area contributed by atoms with E-state index in [9.17, 15) is 27.6 Å². The summed E-state index contributed by atoms with van der Waals surface area (Å²) in [5.74, 6) is -1.46. The maximum atomic E-state index is 12.8. The summed E-state index contributed by atoms with van der Waals surface area (Å²) in [6.07, 6.45) is -3.58. The van der Waals surface area contributed by atoms with Crippen molar-refractivity contribution in [3.63, 3.8) is 0 Å². The zero-order valence-corrected chi connectivity index (χ0v) is 19.2. The number of hydrogen-bond acceptors (Lipinski definition) is 4. The van der Waals surface area contributed by atoms with Crippen molar-refractivity contribution in [3.05, 3.63) is 65.2 Å². The van der Waals surface area contributed by atoms with Crippen molar-refractivity contribution in [2.75, 3.05) is 30.5 Å². The molecular weight excluding hydrogens is 473 g/mol. The lowest BCUT2D eigenvalue weighted by Crippen LogP contribution is -2.49. The van der Waals surface area contributed by atoms with E-state index in [0.717, 1.165) is 12.1 Å². The number of likely N-dealkylation sites (tertiary alicyclic amines) is 1. The first-order chi connectivity index (χ1) is 16.2. The average Bonchev–Trinajstić information content (AvgIpc) is 2.84. The number of anilines is 1. The van der Waals surface area contributed by atoms with Gasteiger partial charge in [0, 0.05) is 30.4 Å². The molecule has 0 bridgehead atoms. The first kappa shape index (κ1) is 25.6. The Hall–Kier alpha value is -3.07. The number of alkyl halides is 4. The summed E-state index contributed by atoms with van der Waals surface area (Å²) in [6.45, 7) is 2.55. The zero-order valence-electron chi connectivity index (χ0n) is 18.5. The fourth-order valence-corrected chi connectivity index (χ4v) is 4.06. The van der Waals surface area contributed by atoms with Crippen molar-refractivity contribution in [2.45, 2.75) is 32.0 Å². The van der Waals surface area contributed by atoms with E-state index in [-0.39, 0.29) is 35.9 Å². The van der Waals surface area contributed by atoms with Crippen LogP contribution in [0.1, 0.15) is 46.0 Å².